The van der Waals surface area contributed by atoms with Crippen molar-refractivity contribution in [2.75, 3.05) is 13.2 Å². The number of ether oxygens (including phenoxy) is 1. The maximum atomic E-state index is 6.43. The Morgan fingerprint density at radius 3 is 2.12 bits per heavy atom. The van der Waals surface area contributed by atoms with Gasteiger partial charge in [0, 0.05) is 12.6 Å². The van der Waals surface area contributed by atoms with Crippen LogP contribution in [0.1, 0.15) is 52.9 Å². The summed E-state index contributed by atoms with van der Waals surface area (Å²) in [6.07, 6.45) is 6.59. The van der Waals surface area contributed by atoms with Gasteiger partial charge in [0.15, 0.2) is 0 Å². The number of rotatable bonds is 2. The zero-order valence-corrected chi connectivity index (χ0v) is 11.7. The molecule has 2 aliphatic rings. The van der Waals surface area contributed by atoms with Crippen LogP contribution in [0.2, 0.25) is 0 Å². The second kappa shape index (κ2) is 5.27. The van der Waals surface area contributed by atoms with Crippen molar-refractivity contribution in [1.29, 1.82) is 0 Å². The second-order valence-corrected chi connectivity index (χ2v) is 7.18. The Hall–Kier alpha value is -0.0800. The summed E-state index contributed by atoms with van der Waals surface area (Å²) in [5.74, 6) is 2.28. The third kappa shape index (κ3) is 3.23. The molecule has 0 bridgehead atoms. The first-order chi connectivity index (χ1) is 7.98. The molecule has 2 rings (SSSR count). The molecule has 0 amide bonds. The van der Waals surface area contributed by atoms with Crippen LogP contribution in [-0.4, -0.2) is 19.3 Å². The van der Waals surface area contributed by atoms with Crippen molar-refractivity contribution in [3.63, 3.8) is 0 Å². The van der Waals surface area contributed by atoms with Crippen molar-refractivity contribution in [3.8, 4) is 0 Å². The number of nitrogens with two attached hydrogens (primary N) is 1. The SMILES string of the molecule is CC(C)(C)C1CCC(C(N)C2CCOC2)CC1. The average molecular weight is 239 g/mol. The molecule has 1 saturated heterocycles. The van der Waals surface area contributed by atoms with E-state index in [0.29, 0.717) is 17.4 Å². The largest absolute Gasteiger partial charge is 0.381 e. The van der Waals surface area contributed by atoms with Crippen molar-refractivity contribution in [2.24, 2.45) is 28.9 Å². The second-order valence-electron chi connectivity index (χ2n) is 7.18. The van der Waals surface area contributed by atoms with E-state index in [1.54, 1.807) is 0 Å². The minimum Gasteiger partial charge on any atom is -0.381 e. The van der Waals surface area contributed by atoms with E-state index in [9.17, 15) is 0 Å². The highest BCUT2D eigenvalue weighted by Gasteiger charge is 2.35. The van der Waals surface area contributed by atoms with Crippen LogP contribution in [0.3, 0.4) is 0 Å². The van der Waals surface area contributed by atoms with E-state index < -0.39 is 0 Å². The van der Waals surface area contributed by atoms with E-state index >= 15 is 0 Å². The maximum absolute atomic E-state index is 6.43. The average Bonchev–Trinajstić information content (AvgIpc) is 2.80. The van der Waals surface area contributed by atoms with Crippen molar-refractivity contribution in [3.05, 3.63) is 0 Å². The fourth-order valence-corrected chi connectivity index (χ4v) is 3.61. The van der Waals surface area contributed by atoms with Crippen LogP contribution in [-0.2, 0) is 4.74 Å². The zero-order valence-electron chi connectivity index (χ0n) is 11.7. The highest BCUT2D eigenvalue weighted by molar-refractivity contribution is 4.88. The van der Waals surface area contributed by atoms with E-state index in [1.807, 2.05) is 0 Å². The molecule has 17 heavy (non-hydrogen) atoms. The molecule has 0 aromatic rings. The topological polar surface area (TPSA) is 35.2 Å². The molecule has 100 valence electrons. The summed E-state index contributed by atoms with van der Waals surface area (Å²) in [7, 11) is 0. The maximum Gasteiger partial charge on any atom is 0.0510 e. The van der Waals surface area contributed by atoms with Gasteiger partial charge in [-0.3, -0.25) is 0 Å². The predicted molar refractivity (Wildman–Crippen MR) is 71.8 cm³/mol. The van der Waals surface area contributed by atoms with Gasteiger partial charge in [-0.1, -0.05) is 20.8 Å². The van der Waals surface area contributed by atoms with Crippen LogP contribution in [0.25, 0.3) is 0 Å². The van der Waals surface area contributed by atoms with Crippen LogP contribution in [0.15, 0.2) is 0 Å². The number of hydrogen-bond donors (Lipinski definition) is 1. The normalized spacial score (nSPS) is 37.1. The molecule has 2 unspecified atom stereocenters. The molecule has 2 fully saturated rings. The lowest BCUT2D eigenvalue weighted by Crippen LogP contribution is -2.40. The van der Waals surface area contributed by atoms with E-state index in [1.165, 1.54) is 32.1 Å². The highest BCUT2D eigenvalue weighted by Crippen LogP contribution is 2.41. The minimum atomic E-state index is 0.387. The van der Waals surface area contributed by atoms with Crippen LogP contribution in [0.5, 0.6) is 0 Å². The molecule has 1 aliphatic heterocycles. The predicted octanol–water partition coefficient (Wildman–Crippen LogP) is 3.20. The fourth-order valence-electron chi connectivity index (χ4n) is 3.61. The van der Waals surface area contributed by atoms with Crippen LogP contribution >= 0.6 is 0 Å². The first-order valence-corrected chi connectivity index (χ1v) is 7.32. The van der Waals surface area contributed by atoms with E-state index in [0.717, 1.165) is 25.0 Å². The lowest BCUT2D eigenvalue weighted by atomic mass is 9.67. The Morgan fingerprint density at radius 1 is 1.00 bits per heavy atom. The number of hydrogen-bond acceptors (Lipinski definition) is 2. The third-order valence-corrected chi connectivity index (χ3v) is 5.05. The van der Waals surface area contributed by atoms with Gasteiger partial charge in [-0.15, -0.1) is 0 Å². The van der Waals surface area contributed by atoms with Crippen molar-refractivity contribution in [1.82, 2.24) is 0 Å². The van der Waals surface area contributed by atoms with Crippen LogP contribution < -0.4 is 5.73 Å². The van der Waals surface area contributed by atoms with Crippen LogP contribution in [0, 0.1) is 23.2 Å². The first-order valence-electron chi connectivity index (χ1n) is 7.32. The van der Waals surface area contributed by atoms with E-state index in [4.69, 9.17) is 10.5 Å². The molecule has 2 heteroatoms. The lowest BCUT2D eigenvalue weighted by molar-refractivity contribution is 0.120. The first kappa shape index (κ1) is 13.4. The van der Waals surface area contributed by atoms with Crippen molar-refractivity contribution >= 4 is 0 Å². The summed E-state index contributed by atoms with van der Waals surface area (Å²) in [6.45, 7) is 8.96. The van der Waals surface area contributed by atoms with Gasteiger partial charge >= 0.3 is 0 Å². The Bertz CT molecular complexity index is 232. The summed E-state index contributed by atoms with van der Waals surface area (Å²) in [6, 6.07) is 0.387. The lowest BCUT2D eigenvalue weighted by Gasteiger charge is -2.39. The molecule has 1 saturated carbocycles. The highest BCUT2D eigenvalue weighted by atomic mass is 16.5. The molecule has 0 aromatic heterocycles. The molecule has 1 aliphatic carbocycles. The van der Waals surface area contributed by atoms with Gasteiger partial charge in [-0.25, -0.2) is 0 Å². The zero-order chi connectivity index (χ0) is 12.5. The van der Waals surface area contributed by atoms with E-state index in [2.05, 4.69) is 20.8 Å². The molecule has 0 radical (unpaired) electrons. The summed E-state index contributed by atoms with van der Waals surface area (Å²) in [5, 5.41) is 0. The van der Waals surface area contributed by atoms with Crippen molar-refractivity contribution in [2.45, 2.75) is 58.9 Å². The van der Waals surface area contributed by atoms with E-state index in [-0.39, 0.29) is 0 Å². The molecule has 2 atom stereocenters. The summed E-state index contributed by atoms with van der Waals surface area (Å²) in [4.78, 5) is 0. The monoisotopic (exact) mass is 239 g/mol. The summed E-state index contributed by atoms with van der Waals surface area (Å²) < 4.78 is 5.46. The van der Waals surface area contributed by atoms with Gasteiger partial charge in [-0.05, 0) is 55.3 Å². The molecule has 2 N–H and O–H groups in total. The third-order valence-electron chi connectivity index (χ3n) is 5.05. The molecule has 0 spiro atoms. The molecule has 0 aromatic carbocycles. The molecular weight excluding hydrogens is 210 g/mol. The minimum absolute atomic E-state index is 0.387. The van der Waals surface area contributed by atoms with Gasteiger partial charge < -0.3 is 10.5 Å². The van der Waals surface area contributed by atoms with Gasteiger partial charge in [0.1, 0.15) is 0 Å². The Labute approximate surface area is 106 Å². The molecule has 1 heterocycles. The Morgan fingerprint density at radius 2 is 1.65 bits per heavy atom. The quantitative estimate of drug-likeness (QED) is 0.803. The van der Waals surface area contributed by atoms with Gasteiger partial charge in [0.2, 0.25) is 0 Å². The van der Waals surface area contributed by atoms with Gasteiger partial charge in [0.25, 0.3) is 0 Å². The smallest absolute Gasteiger partial charge is 0.0510 e. The van der Waals surface area contributed by atoms with Gasteiger partial charge in [0.05, 0.1) is 6.61 Å². The summed E-state index contributed by atoms with van der Waals surface area (Å²) in [5.41, 5.74) is 6.91. The fraction of sp³-hybridized carbons (Fsp3) is 1.00. The standard InChI is InChI=1S/C15H29NO/c1-15(2,3)13-6-4-11(5-7-13)14(16)12-8-9-17-10-12/h11-14H,4-10,16H2,1-3H3. The summed E-state index contributed by atoms with van der Waals surface area (Å²) >= 11 is 0. The molecular formula is C15H29NO. The molecule has 2 nitrogen and oxygen atoms in total. The Balaban J connectivity index is 1.82. The van der Waals surface area contributed by atoms with Crippen LogP contribution in [0.4, 0.5) is 0 Å². The Kier molecular flexibility index (Phi) is 4.14. The van der Waals surface area contributed by atoms with Gasteiger partial charge in [-0.2, -0.15) is 0 Å². The van der Waals surface area contributed by atoms with Crippen molar-refractivity contribution < 1.29 is 4.74 Å².